The van der Waals surface area contributed by atoms with E-state index in [4.69, 9.17) is 4.74 Å². The van der Waals surface area contributed by atoms with Crippen LogP contribution in [0.15, 0.2) is 22.4 Å². The highest BCUT2D eigenvalue weighted by Gasteiger charge is 2.10. The van der Waals surface area contributed by atoms with Crippen molar-refractivity contribution in [3.63, 3.8) is 0 Å². The molecule has 0 radical (unpaired) electrons. The average Bonchev–Trinajstić information content (AvgIpc) is 2.46. The van der Waals surface area contributed by atoms with E-state index in [1.54, 1.807) is 11.3 Å². The maximum Gasteiger partial charge on any atom is 0.137 e. The van der Waals surface area contributed by atoms with Crippen molar-refractivity contribution in [1.29, 1.82) is 0 Å². The maximum absolute atomic E-state index is 5.56. The second-order valence-corrected chi connectivity index (χ2v) is 5.64. The molecule has 74 valence electrons. The predicted molar refractivity (Wildman–Crippen MR) is 73.0 cm³/mol. The first kappa shape index (κ1) is 10.6. The standard InChI is InChI=1S/C10H9IOS2/c1-2-12-7-5-3-4-6-8(11)10(13)14-9(6)7/h3-5,13H,2H2,1H3. The van der Waals surface area contributed by atoms with E-state index in [-0.39, 0.29) is 0 Å². The minimum atomic E-state index is 0.704. The third kappa shape index (κ3) is 1.75. The molecule has 0 aliphatic carbocycles. The van der Waals surface area contributed by atoms with Gasteiger partial charge in [0.15, 0.2) is 0 Å². The van der Waals surface area contributed by atoms with Crippen molar-refractivity contribution in [1.82, 2.24) is 0 Å². The van der Waals surface area contributed by atoms with Gasteiger partial charge in [-0.25, -0.2) is 0 Å². The minimum absolute atomic E-state index is 0.704. The highest BCUT2D eigenvalue weighted by atomic mass is 127. The van der Waals surface area contributed by atoms with Gasteiger partial charge >= 0.3 is 0 Å². The van der Waals surface area contributed by atoms with E-state index in [0.29, 0.717) is 6.61 Å². The summed E-state index contributed by atoms with van der Waals surface area (Å²) in [5.74, 6) is 0.966. The number of hydrogen-bond acceptors (Lipinski definition) is 3. The number of rotatable bonds is 2. The van der Waals surface area contributed by atoms with E-state index >= 15 is 0 Å². The minimum Gasteiger partial charge on any atom is -0.492 e. The van der Waals surface area contributed by atoms with Crippen molar-refractivity contribution < 1.29 is 4.74 Å². The van der Waals surface area contributed by atoms with E-state index in [9.17, 15) is 0 Å². The molecule has 2 aromatic rings. The molecule has 0 aliphatic heterocycles. The van der Waals surface area contributed by atoms with Gasteiger partial charge in [0.05, 0.1) is 15.5 Å². The van der Waals surface area contributed by atoms with Gasteiger partial charge in [0.2, 0.25) is 0 Å². The summed E-state index contributed by atoms with van der Waals surface area (Å²) in [7, 11) is 0. The number of benzene rings is 1. The molecule has 1 aromatic carbocycles. The molecule has 0 fully saturated rings. The van der Waals surface area contributed by atoms with E-state index < -0.39 is 0 Å². The fourth-order valence-corrected chi connectivity index (χ4v) is 3.58. The van der Waals surface area contributed by atoms with Gasteiger partial charge in [0.25, 0.3) is 0 Å². The van der Waals surface area contributed by atoms with Crippen LogP contribution < -0.4 is 4.74 Å². The van der Waals surface area contributed by atoms with Gasteiger partial charge < -0.3 is 4.74 Å². The quantitative estimate of drug-likeness (QED) is 0.639. The predicted octanol–water partition coefficient (Wildman–Crippen LogP) is 4.19. The molecule has 0 saturated heterocycles. The zero-order valence-electron chi connectivity index (χ0n) is 7.58. The van der Waals surface area contributed by atoms with E-state index in [1.807, 2.05) is 19.1 Å². The molecule has 0 bridgehead atoms. The lowest BCUT2D eigenvalue weighted by molar-refractivity contribution is 0.345. The Balaban J connectivity index is 2.68. The summed E-state index contributed by atoms with van der Waals surface area (Å²) in [5.41, 5.74) is 0. The monoisotopic (exact) mass is 336 g/mol. The molecule has 1 aromatic heterocycles. The maximum atomic E-state index is 5.56. The summed E-state index contributed by atoms with van der Waals surface area (Å²) in [6, 6.07) is 6.14. The summed E-state index contributed by atoms with van der Waals surface area (Å²) in [4.78, 5) is 0. The lowest BCUT2D eigenvalue weighted by Crippen LogP contribution is -1.90. The van der Waals surface area contributed by atoms with Gasteiger partial charge in [0.1, 0.15) is 5.75 Å². The number of thiol groups is 1. The Bertz CT molecular complexity index is 464. The molecular formula is C10H9IOS2. The Morgan fingerprint density at radius 3 is 3.00 bits per heavy atom. The number of ether oxygens (including phenoxy) is 1. The second kappa shape index (κ2) is 4.28. The number of thiophene rings is 1. The fraction of sp³-hybridized carbons (Fsp3) is 0.200. The smallest absolute Gasteiger partial charge is 0.137 e. The third-order valence-electron chi connectivity index (χ3n) is 1.90. The summed E-state index contributed by atoms with van der Waals surface area (Å²) in [6.07, 6.45) is 0. The SMILES string of the molecule is CCOc1cccc2c(I)c(S)sc12. The molecule has 0 N–H and O–H groups in total. The van der Waals surface area contributed by atoms with Gasteiger partial charge in [-0.15, -0.1) is 24.0 Å². The van der Waals surface area contributed by atoms with Crippen LogP contribution in [0.3, 0.4) is 0 Å². The zero-order valence-corrected chi connectivity index (χ0v) is 11.4. The van der Waals surface area contributed by atoms with Crippen LogP contribution in [0.5, 0.6) is 5.75 Å². The van der Waals surface area contributed by atoms with Gasteiger partial charge in [-0.05, 0) is 35.6 Å². The molecule has 1 nitrogen and oxygen atoms in total. The average molecular weight is 336 g/mol. The number of fused-ring (bicyclic) bond motifs is 1. The Labute approximate surface area is 106 Å². The van der Waals surface area contributed by atoms with Crippen LogP contribution in [-0.4, -0.2) is 6.61 Å². The van der Waals surface area contributed by atoms with Gasteiger partial charge in [-0.3, -0.25) is 0 Å². The molecule has 1 heterocycles. The number of hydrogen-bond donors (Lipinski definition) is 1. The van der Waals surface area contributed by atoms with Crippen LogP contribution in [0.25, 0.3) is 10.1 Å². The summed E-state index contributed by atoms with van der Waals surface area (Å²) in [5, 5.41) is 1.24. The van der Waals surface area contributed by atoms with E-state index in [1.165, 1.54) is 13.7 Å². The molecular weight excluding hydrogens is 327 g/mol. The molecule has 0 spiro atoms. The van der Waals surface area contributed by atoms with E-state index in [0.717, 1.165) is 9.96 Å². The van der Waals surface area contributed by atoms with Crippen LogP contribution >= 0.6 is 46.6 Å². The summed E-state index contributed by atoms with van der Waals surface area (Å²) >= 11 is 8.43. The van der Waals surface area contributed by atoms with Gasteiger partial charge in [0, 0.05) is 8.96 Å². The normalized spacial score (nSPS) is 10.8. The molecule has 0 amide bonds. The Morgan fingerprint density at radius 1 is 1.50 bits per heavy atom. The Kier molecular flexibility index (Phi) is 3.23. The van der Waals surface area contributed by atoms with Crippen LogP contribution in [0, 0.1) is 3.57 Å². The lowest BCUT2D eigenvalue weighted by Gasteiger charge is -2.02. The van der Waals surface area contributed by atoms with E-state index in [2.05, 4.69) is 41.3 Å². The summed E-state index contributed by atoms with van der Waals surface area (Å²) < 4.78 is 9.04. The fourth-order valence-electron chi connectivity index (χ4n) is 1.32. The molecule has 14 heavy (non-hydrogen) atoms. The molecule has 2 rings (SSSR count). The number of halogens is 1. The van der Waals surface area contributed by atoms with Crippen LogP contribution in [0.1, 0.15) is 6.92 Å². The first-order valence-electron chi connectivity index (χ1n) is 4.26. The van der Waals surface area contributed by atoms with Gasteiger partial charge in [-0.1, -0.05) is 12.1 Å². The molecule has 0 atom stereocenters. The highest BCUT2D eigenvalue weighted by Crippen LogP contribution is 2.39. The topological polar surface area (TPSA) is 9.23 Å². The van der Waals surface area contributed by atoms with Crippen molar-refractivity contribution in [3.05, 3.63) is 21.8 Å². The highest BCUT2D eigenvalue weighted by molar-refractivity contribution is 14.1. The van der Waals surface area contributed by atoms with Gasteiger partial charge in [-0.2, -0.15) is 0 Å². The van der Waals surface area contributed by atoms with Crippen molar-refractivity contribution in [2.75, 3.05) is 6.61 Å². The third-order valence-corrected chi connectivity index (χ3v) is 5.34. The largest absolute Gasteiger partial charge is 0.492 e. The summed E-state index contributed by atoms with van der Waals surface area (Å²) in [6.45, 7) is 2.70. The first-order valence-corrected chi connectivity index (χ1v) is 6.61. The van der Waals surface area contributed by atoms with Crippen molar-refractivity contribution in [2.45, 2.75) is 11.1 Å². The van der Waals surface area contributed by atoms with Crippen molar-refractivity contribution in [2.24, 2.45) is 0 Å². The zero-order chi connectivity index (χ0) is 10.1. The first-order chi connectivity index (χ1) is 6.74. The Morgan fingerprint density at radius 2 is 2.29 bits per heavy atom. The van der Waals surface area contributed by atoms with Crippen LogP contribution in [-0.2, 0) is 0 Å². The molecule has 4 heteroatoms. The lowest BCUT2D eigenvalue weighted by atomic mass is 10.2. The van der Waals surface area contributed by atoms with Crippen molar-refractivity contribution in [3.8, 4) is 5.75 Å². The molecule has 0 saturated carbocycles. The molecule has 0 aliphatic rings. The van der Waals surface area contributed by atoms with Crippen molar-refractivity contribution >= 4 is 56.6 Å². The second-order valence-electron chi connectivity index (χ2n) is 2.79. The Hall–Kier alpha value is 0.0600. The van der Waals surface area contributed by atoms with Crippen LogP contribution in [0.4, 0.5) is 0 Å². The van der Waals surface area contributed by atoms with Crippen LogP contribution in [0.2, 0.25) is 0 Å². The molecule has 0 unspecified atom stereocenters.